The van der Waals surface area contributed by atoms with E-state index < -0.39 is 0 Å². The third-order valence-corrected chi connectivity index (χ3v) is 7.65. The van der Waals surface area contributed by atoms with Gasteiger partial charge in [-0.05, 0) is 74.7 Å². The van der Waals surface area contributed by atoms with Crippen LogP contribution in [-0.4, -0.2) is 29.5 Å². The number of nitrogens with zero attached hydrogens (tertiary/aromatic N) is 2. The van der Waals surface area contributed by atoms with E-state index in [9.17, 15) is 0 Å². The first-order valence-electron chi connectivity index (χ1n) is 10.5. The zero-order chi connectivity index (χ0) is 17.2. The lowest BCUT2D eigenvalue weighted by Crippen LogP contribution is -2.56. The highest BCUT2D eigenvalue weighted by Gasteiger charge is 2.55. The number of para-hydroxylation sites is 1. The van der Waals surface area contributed by atoms with E-state index in [2.05, 4.69) is 54.8 Å². The highest BCUT2D eigenvalue weighted by Crippen LogP contribution is 2.57. The molecule has 0 N–H and O–H groups in total. The van der Waals surface area contributed by atoms with Crippen LogP contribution in [0.1, 0.15) is 69.4 Å². The van der Waals surface area contributed by atoms with Crippen LogP contribution < -0.4 is 4.90 Å². The molecular weight excluding hydrogens is 304 g/mol. The second-order valence-electron chi connectivity index (χ2n) is 9.81. The molecule has 0 amide bonds. The molecule has 1 heterocycles. The normalized spacial score (nSPS) is 36.4. The Morgan fingerprint density at radius 1 is 1.04 bits per heavy atom. The van der Waals surface area contributed by atoms with Gasteiger partial charge in [-0.3, -0.25) is 4.58 Å². The third kappa shape index (κ3) is 2.47. The molecule has 5 aliphatic rings. The van der Waals surface area contributed by atoms with Crippen molar-refractivity contribution < 1.29 is 4.58 Å². The van der Waals surface area contributed by atoms with Crippen LogP contribution in [0.4, 0.5) is 5.69 Å². The predicted octanol–water partition coefficient (Wildman–Crippen LogP) is 4.95. The molecule has 134 valence electrons. The van der Waals surface area contributed by atoms with Crippen molar-refractivity contribution >= 4 is 12.0 Å². The first-order chi connectivity index (χ1) is 12.0. The van der Waals surface area contributed by atoms with E-state index in [0.717, 1.165) is 24.3 Å². The molecule has 1 aromatic carbocycles. The zero-order valence-corrected chi connectivity index (χ0v) is 16.2. The summed E-state index contributed by atoms with van der Waals surface area (Å²) >= 11 is 0. The second kappa shape index (κ2) is 5.59. The van der Waals surface area contributed by atoms with E-state index in [1.165, 1.54) is 61.9 Å². The maximum absolute atomic E-state index is 2.79. The molecule has 0 spiro atoms. The Labute approximate surface area is 152 Å². The lowest BCUT2D eigenvalue weighted by atomic mass is 9.53. The van der Waals surface area contributed by atoms with Crippen LogP contribution in [0.25, 0.3) is 0 Å². The quantitative estimate of drug-likeness (QED) is 0.708. The van der Waals surface area contributed by atoms with Crippen LogP contribution in [0, 0.1) is 24.7 Å². The summed E-state index contributed by atoms with van der Waals surface area (Å²) in [7, 11) is 0. The van der Waals surface area contributed by atoms with Gasteiger partial charge in [-0.1, -0.05) is 32.0 Å². The van der Waals surface area contributed by atoms with Crippen molar-refractivity contribution in [2.45, 2.75) is 70.8 Å². The van der Waals surface area contributed by atoms with E-state index in [-0.39, 0.29) is 0 Å². The summed E-state index contributed by atoms with van der Waals surface area (Å²) in [4.78, 5) is 2.57. The number of benzene rings is 1. The SMILES string of the molecule is Cc1cccc(C(C)C)c1N1C=[N+](C23CC4CC(CC(C4)C2)C3)CC1. The standard InChI is InChI=1S/C23H33N2/c1-16(2)21-6-4-5-17(3)22(21)24-7-8-25(15-24)23-12-18-9-19(13-23)11-20(10-18)14-23/h4-6,15-16,18-20H,7-14H2,1-3H3/q+1. The molecule has 4 fully saturated rings. The van der Waals surface area contributed by atoms with Crippen molar-refractivity contribution in [3.05, 3.63) is 29.3 Å². The van der Waals surface area contributed by atoms with Crippen molar-refractivity contribution in [3.63, 3.8) is 0 Å². The summed E-state index contributed by atoms with van der Waals surface area (Å²) in [6.45, 7) is 9.31. The van der Waals surface area contributed by atoms with Crippen LogP contribution in [0.2, 0.25) is 0 Å². The Morgan fingerprint density at radius 3 is 2.28 bits per heavy atom. The van der Waals surface area contributed by atoms with Crippen LogP contribution in [0.5, 0.6) is 0 Å². The molecule has 1 aliphatic heterocycles. The van der Waals surface area contributed by atoms with Crippen LogP contribution >= 0.6 is 0 Å². The van der Waals surface area contributed by atoms with Crippen LogP contribution in [0.15, 0.2) is 18.2 Å². The minimum absolute atomic E-state index is 0.504. The smallest absolute Gasteiger partial charge is 0.240 e. The lowest BCUT2D eigenvalue weighted by molar-refractivity contribution is -0.614. The van der Waals surface area contributed by atoms with E-state index >= 15 is 0 Å². The topological polar surface area (TPSA) is 6.25 Å². The third-order valence-electron chi connectivity index (χ3n) is 7.65. The second-order valence-corrected chi connectivity index (χ2v) is 9.81. The van der Waals surface area contributed by atoms with Gasteiger partial charge in [0.1, 0.15) is 24.3 Å². The van der Waals surface area contributed by atoms with Crippen LogP contribution in [-0.2, 0) is 0 Å². The minimum atomic E-state index is 0.504. The highest BCUT2D eigenvalue weighted by molar-refractivity contribution is 5.81. The first kappa shape index (κ1) is 15.9. The maximum Gasteiger partial charge on any atom is 0.240 e. The van der Waals surface area contributed by atoms with Gasteiger partial charge in [-0.25, -0.2) is 4.90 Å². The number of anilines is 1. The van der Waals surface area contributed by atoms with Gasteiger partial charge in [-0.15, -0.1) is 0 Å². The molecule has 2 nitrogen and oxygen atoms in total. The molecule has 0 atom stereocenters. The molecule has 1 aromatic rings. The van der Waals surface area contributed by atoms with Crippen molar-refractivity contribution in [2.75, 3.05) is 18.0 Å². The largest absolute Gasteiger partial charge is 0.259 e. The molecule has 2 heteroatoms. The fraction of sp³-hybridized carbons (Fsp3) is 0.696. The molecule has 4 saturated carbocycles. The lowest BCUT2D eigenvalue weighted by Gasteiger charge is -2.55. The Hall–Kier alpha value is -1.31. The Balaban J connectivity index is 1.49. The summed E-state index contributed by atoms with van der Waals surface area (Å²) < 4.78 is 2.79. The van der Waals surface area contributed by atoms with Crippen molar-refractivity contribution in [3.8, 4) is 0 Å². The monoisotopic (exact) mass is 337 g/mol. The molecule has 0 saturated heterocycles. The number of hydrogen-bond donors (Lipinski definition) is 0. The Morgan fingerprint density at radius 2 is 1.68 bits per heavy atom. The molecule has 6 rings (SSSR count). The van der Waals surface area contributed by atoms with Gasteiger partial charge in [0.15, 0.2) is 0 Å². The predicted molar refractivity (Wildman–Crippen MR) is 105 cm³/mol. The fourth-order valence-corrected chi connectivity index (χ4v) is 6.98. The zero-order valence-electron chi connectivity index (χ0n) is 16.2. The molecule has 0 radical (unpaired) electrons. The fourth-order valence-electron chi connectivity index (χ4n) is 6.98. The summed E-state index contributed by atoms with van der Waals surface area (Å²) in [5, 5.41) is 0. The summed E-state index contributed by atoms with van der Waals surface area (Å²) in [6.07, 6.45) is 11.5. The highest BCUT2D eigenvalue weighted by atomic mass is 15.3. The summed E-state index contributed by atoms with van der Waals surface area (Å²) in [5.41, 5.74) is 4.91. The molecule has 4 aliphatic carbocycles. The van der Waals surface area contributed by atoms with E-state index in [1.807, 2.05) is 0 Å². The Bertz CT molecular complexity index is 680. The molecule has 4 bridgehead atoms. The van der Waals surface area contributed by atoms with Crippen molar-refractivity contribution in [1.29, 1.82) is 0 Å². The average Bonchev–Trinajstić information content (AvgIpc) is 3.03. The number of rotatable bonds is 3. The molecule has 0 aromatic heterocycles. The van der Waals surface area contributed by atoms with Gasteiger partial charge in [0.05, 0.1) is 0 Å². The van der Waals surface area contributed by atoms with Gasteiger partial charge < -0.3 is 0 Å². The van der Waals surface area contributed by atoms with E-state index in [0.29, 0.717) is 11.5 Å². The molecule has 25 heavy (non-hydrogen) atoms. The summed E-state index contributed by atoms with van der Waals surface area (Å²) in [5.74, 6) is 3.66. The van der Waals surface area contributed by atoms with Gasteiger partial charge >= 0.3 is 0 Å². The van der Waals surface area contributed by atoms with E-state index in [1.54, 1.807) is 0 Å². The Kier molecular flexibility index (Phi) is 3.56. The number of hydrogen-bond acceptors (Lipinski definition) is 1. The first-order valence-corrected chi connectivity index (χ1v) is 10.5. The van der Waals surface area contributed by atoms with Crippen molar-refractivity contribution in [1.82, 2.24) is 0 Å². The minimum Gasteiger partial charge on any atom is -0.259 e. The molecule has 0 unspecified atom stereocenters. The van der Waals surface area contributed by atoms with Crippen molar-refractivity contribution in [2.24, 2.45) is 17.8 Å². The van der Waals surface area contributed by atoms with Gasteiger partial charge in [0.2, 0.25) is 6.34 Å². The van der Waals surface area contributed by atoms with Crippen LogP contribution in [0.3, 0.4) is 0 Å². The van der Waals surface area contributed by atoms with Gasteiger partial charge in [0, 0.05) is 5.56 Å². The van der Waals surface area contributed by atoms with E-state index in [4.69, 9.17) is 0 Å². The maximum atomic E-state index is 2.79. The molecular formula is C23H33N2+. The van der Waals surface area contributed by atoms with Gasteiger partial charge in [0.25, 0.3) is 0 Å². The average molecular weight is 338 g/mol. The summed E-state index contributed by atoms with van der Waals surface area (Å²) in [6, 6.07) is 6.83. The van der Waals surface area contributed by atoms with Gasteiger partial charge in [-0.2, -0.15) is 0 Å². The number of aryl methyl sites for hydroxylation is 1.